The highest BCUT2D eigenvalue weighted by molar-refractivity contribution is 5.69. The van der Waals surface area contributed by atoms with E-state index in [1.807, 2.05) is 12.1 Å². The van der Waals surface area contributed by atoms with E-state index < -0.39 is 0 Å². The highest BCUT2D eigenvalue weighted by Crippen LogP contribution is 2.24. The molecule has 2 heterocycles. The number of methoxy groups -OCH3 is 1. The lowest BCUT2D eigenvalue weighted by Crippen LogP contribution is -2.39. The molecule has 1 aliphatic heterocycles. The summed E-state index contributed by atoms with van der Waals surface area (Å²) in [5, 5.41) is 3.33. The standard InChI is InChI=1S/C15H24N2O3/c1-19-15(18)7-8-16-12-13(14-6-5-11-20-14)17-9-3-2-4-10-17/h5-6,11,13,16H,2-4,7-10,12H2,1H3. The van der Waals surface area contributed by atoms with Crippen molar-refractivity contribution in [2.45, 2.75) is 31.7 Å². The van der Waals surface area contributed by atoms with Crippen LogP contribution < -0.4 is 5.32 Å². The van der Waals surface area contributed by atoms with Gasteiger partial charge in [0.15, 0.2) is 0 Å². The van der Waals surface area contributed by atoms with Gasteiger partial charge in [-0.05, 0) is 38.1 Å². The molecular weight excluding hydrogens is 256 g/mol. The lowest BCUT2D eigenvalue weighted by Gasteiger charge is -2.33. The molecule has 1 fully saturated rings. The number of hydrogen-bond donors (Lipinski definition) is 1. The Kier molecular flexibility index (Phi) is 6.08. The van der Waals surface area contributed by atoms with Gasteiger partial charge in [0.1, 0.15) is 5.76 Å². The summed E-state index contributed by atoms with van der Waals surface area (Å²) in [6.45, 7) is 3.66. The van der Waals surface area contributed by atoms with Crippen molar-refractivity contribution in [3.05, 3.63) is 24.2 Å². The number of likely N-dealkylation sites (tertiary alicyclic amines) is 1. The Morgan fingerprint density at radius 3 is 2.90 bits per heavy atom. The minimum absolute atomic E-state index is 0.176. The molecule has 20 heavy (non-hydrogen) atoms. The van der Waals surface area contributed by atoms with Gasteiger partial charge in [-0.25, -0.2) is 0 Å². The molecule has 5 nitrogen and oxygen atoms in total. The summed E-state index contributed by atoms with van der Waals surface area (Å²) >= 11 is 0. The molecular formula is C15H24N2O3. The van der Waals surface area contributed by atoms with E-state index in [0.29, 0.717) is 13.0 Å². The number of nitrogens with zero attached hydrogens (tertiary/aromatic N) is 1. The quantitative estimate of drug-likeness (QED) is 0.611. The third-order valence-corrected chi connectivity index (χ3v) is 3.77. The Hall–Kier alpha value is -1.33. The Balaban J connectivity index is 1.85. The van der Waals surface area contributed by atoms with Crippen LogP contribution in [0.2, 0.25) is 0 Å². The number of furan rings is 1. The van der Waals surface area contributed by atoms with Crippen molar-refractivity contribution in [2.24, 2.45) is 0 Å². The maximum Gasteiger partial charge on any atom is 0.306 e. The molecule has 1 saturated heterocycles. The van der Waals surface area contributed by atoms with Crippen LogP contribution >= 0.6 is 0 Å². The van der Waals surface area contributed by atoms with E-state index in [4.69, 9.17) is 4.42 Å². The van der Waals surface area contributed by atoms with Gasteiger partial charge in [0.2, 0.25) is 0 Å². The average Bonchev–Trinajstić information content (AvgIpc) is 3.02. The number of piperidine rings is 1. The van der Waals surface area contributed by atoms with Gasteiger partial charge >= 0.3 is 5.97 Å². The summed E-state index contributed by atoms with van der Waals surface area (Å²) in [5.74, 6) is 0.822. The second-order valence-corrected chi connectivity index (χ2v) is 5.16. The van der Waals surface area contributed by atoms with E-state index in [0.717, 1.165) is 25.4 Å². The van der Waals surface area contributed by atoms with Gasteiger partial charge in [-0.3, -0.25) is 9.69 Å². The Labute approximate surface area is 120 Å². The summed E-state index contributed by atoms with van der Waals surface area (Å²) in [7, 11) is 1.42. The summed E-state index contributed by atoms with van der Waals surface area (Å²) in [4.78, 5) is 13.6. The molecule has 0 aromatic carbocycles. The van der Waals surface area contributed by atoms with Crippen LogP contribution in [-0.4, -0.2) is 44.2 Å². The van der Waals surface area contributed by atoms with Crippen LogP contribution in [0.1, 0.15) is 37.5 Å². The first kappa shape index (κ1) is 15.1. The molecule has 1 atom stereocenters. The molecule has 0 radical (unpaired) electrons. The third-order valence-electron chi connectivity index (χ3n) is 3.77. The molecule has 0 spiro atoms. The molecule has 0 aliphatic carbocycles. The van der Waals surface area contributed by atoms with E-state index >= 15 is 0 Å². The molecule has 0 amide bonds. The van der Waals surface area contributed by atoms with Crippen LogP contribution in [0.4, 0.5) is 0 Å². The molecule has 0 saturated carbocycles. The maximum absolute atomic E-state index is 11.1. The largest absolute Gasteiger partial charge is 0.469 e. The molecule has 1 N–H and O–H groups in total. The number of carbonyl (C=O) groups is 1. The van der Waals surface area contributed by atoms with Crippen LogP contribution in [0.3, 0.4) is 0 Å². The van der Waals surface area contributed by atoms with Gasteiger partial charge in [-0.2, -0.15) is 0 Å². The van der Waals surface area contributed by atoms with Gasteiger partial charge in [0.05, 0.1) is 25.8 Å². The Morgan fingerprint density at radius 2 is 2.25 bits per heavy atom. The van der Waals surface area contributed by atoms with Gasteiger partial charge in [-0.1, -0.05) is 6.42 Å². The predicted octanol–water partition coefficient (Wildman–Crippen LogP) is 1.96. The number of carbonyl (C=O) groups excluding carboxylic acids is 1. The summed E-state index contributed by atoms with van der Waals surface area (Å²) < 4.78 is 10.2. The SMILES string of the molecule is COC(=O)CCNCC(c1ccco1)N1CCCCC1. The van der Waals surface area contributed by atoms with Gasteiger partial charge in [-0.15, -0.1) is 0 Å². The van der Waals surface area contributed by atoms with Crippen LogP contribution in [0.15, 0.2) is 22.8 Å². The Morgan fingerprint density at radius 1 is 1.45 bits per heavy atom. The summed E-state index contributed by atoms with van der Waals surface area (Å²) in [5.41, 5.74) is 0. The molecule has 1 aromatic heterocycles. The highest BCUT2D eigenvalue weighted by atomic mass is 16.5. The molecule has 0 bridgehead atoms. The van der Waals surface area contributed by atoms with Crippen molar-refractivity contribution in [2.75, 3.05) is 33.3 Å². The van der Waals surface area contributed by atoms with Crippen molar-refractivity contribution >= 4 is 5.97 Å². The number of nitrogens with one attached hydrogen (secondary N) is 1. The lowest BCUT2D eigenvalue weighted by atomic mass is 10.1. The van der Waals surface area contributed by atoms with E-state index in [9.17, 15) is 4.79 Å². The van der Waals surface area contributed by atoms with Crippen LogP contribution in [0, 0.1) is 0 Å². The number of esters is 1. The minimum Gasteiger partial charge on any atom is -0.469 e. The first-order chi connectivity index (χ1) is 9.81. The van der Waals surface area contributed by atoms with Crippen molar-refractivity contribution in [1.82, 2.24) is 10.2 Å². The fourth-order valence-electron chi connectivity index (χ4n) is 2.65. The van der Waals surface area contributed by atoms with Crippen molar-refractivity contribution in [1.29, 1.82) is 0 Å². The monoisotopic (exact) mass is 280 g/mol. The zero-order valence-corrected chi connectivity index (χ0v) is 12.1. The molecule has 1 aliphatic rings. The van der Waals surface area contributed by atoms with Crippen LogP contribution in [0.25, 0.3) is 0 Å². The Bertz CT molecular complexity index is 386. The first-order valence-electron chi connectivity index (χ1n) is 7.36. The zero-order valence-electron chi connectivity index (χ0n) is 12.1. The number of ether oxygens (including phenoxy) is 1. The first-order valence-corrected chi connectivity index (χ1v) is 7.36. The molecule has 5 heteroatoms. The second-order valence-electron chi connectivity index (χ2n) is 5.16. The fraction of sp³-hybridized carbons (Fsp3) is 0.667. The molecule has 2 rings (SSSR count). The summed E-state index contributed by atoms with van der Waals surface area (Å²) in [6, 6.07) is 4.21. The third kappa shape index (κ3) is 4.35. The maximum atomic E-state index is 11.1. The molecule has 112 valence electrons. The van der Waals surface area contributed by atoms with Gasteiger partial charge < -0.3 is 14.5 Å². The zero-order chi connectivity index (χ0) is 14.2. The fourth-order valence-corrected chi connectivity index (χ4v) is 2.65. The predicted molar refractivity (Wildman–Crippen MR) is 76.4 cm³/mol. The lowest BCUT2D eigenvalue weighted by molar-refractivity contribution is -0.140. The van der Waals surface area contributed by atoms with Crippen molar-refractivity contribution in [3.63, 3.8) is 0 Å². The van der Waals surface area contributed by atoms with E-state index in [2.05, 4.69) is 15.0 Å². The van der Waals surface area contributed by atoms with E-state index in [1.54, 1.807) is 6.26 Å². The smallest absolute Gasteiger partial charge is 0.306 e. The average molecular weight is 280 g/mol. The molecule has 1 unspecified atom stereocenters. The van der Waals surface area contributed by atoms with Crippen LogP contribution in [-0.2, 0) is 9.53 Å². The number of hydrogen-bond acceptors (Lipinski definition) is 5. The topological polar surface area (TPSA) is 54.7 Å². The van der Waals surface area contributed by atoms with Gasteiger partial charge in [0.25, 0.3) is 0 Å². The van der Waals surface area contributed by atoms with Crippen molar-refractivity contribution < 1.29 is 13.9 Å². The normalized spacial score (nSPS) is 17.9. The van der Waals surface area contributed by atoms with Gasteiger partial charge in [0, 0.05) is 13.1 Å². The molecule has 1 aromatic rings. The van der Waals surface area contributed by atoms with Crippen molar-refractivity contribution in [3.8, 4) is 0 Å². The summed E-state index contributed by atoms with van der Waals surface area (Å²) in [6.07, 6.45) is 5.94. The van der Waals surface area contributed by atoms with E-state index in [1.165, 1.54) is 26.4 Å². The van der Waals surface area contributed by atoms with E-state index in [-0.39, 0.29) is 12.0 Å². The second kappa shape index (κ2) is 8.07. The van der Waals surface area contributed by atoms with Crippen LogP contribution in [0.5, 0.6) is 0 Å². The highest BCUT2D eigenvalue weighted by Gasteiger charge is 2.23. The number of rotatable bonds is 7. The minimum atomic E-state index is -0.176.